The first kappa shape index (κ1) is 17.3. The summed E-state index contributed by atoms with van der Waals surface area (Å²) in [7, 11) is 0. The van der Waals surface area contributed by atoms with Crippen LogP contribution in [0.15, 0.2) is 12.1 Å². The summed E-state index contributed by atoms with van der Waals surface area (Å²) in [4.78, 5) is 2.46. The molecule has 1 aliphatic heterocycles. The number of hydrogen-bond donors (Lipinski definition) is 1. The topological polar surface area (TPSA) is 32.7 Å². The second kappa shape index (κ2) is 6.21. The van der Waals surface area contributed by atoms with Crippen LogP contribution in [0.5, 0.6) is 5.75 Å². The zero-order valence-electron chi connectivity index (χ0n) is 15.0. The molecule has 3 nitrogen and oxygen atoms in total. The fourth-order valence-corrected chi connectivity index (χ4v) is 3.15. The van der Waals surface area contributed by atoms with Crippen molar-refractivity contribution in [2.24, 2.45) is 0 Å². The predicted molar refractivity (Wildman–Crippen MR) is 91.6 cm³/mol. The molecule has 0 aromatic heterocycles. The van der Waals surface area contributed by atoms with E-state index in [0.717, 1.165) is 32.8 Å². The minimum atomic E-state index is 0.0142. The van der Waals surface area contributed by atoms with Crippen molar-refractivity contribution in [2.75, 3.05) is 26.3 Å². The minimum absolute atomic E-state index is 0.0142. The minimum Gasteiger partial charge on any atom is -0.508 e. The van der Waals surface area contributed by atoms with Crippen LogP contribution < -0.4 is 0 Å². The van der Waals surface area contributed by atoms with Gasteiger partial charge in [-0.1, -0.05) is 41.5 Å². The largest absolute Gasteiger partial charge is 0.508 e. The summed E-state index contributed by atoms with van der Waals surface area (Å²) in [6.07, 6.45) is 0. The van der Waals surface area contributed by atoms with Crippen molar-refractivity contribution in [1.29, 1.82) is 0 Å². The van der Waals surface area contributed by atoms with Crippen molar-refractivity contribution in [2.45, 2.75) is 58.9 Å². The van der Waals surface area contributed by atoms with Crippen molar-refractivity contribution in [3.8, 4) is 5.75 Å². The lowest BCUT2D eigenvalue weighted by Crippen LogP contribution is -2.37. The standard InChI is InChI=1S/C19H31NO2/c1-18(2,3)16-11-14(21)12-17(19(4,5)6)15(16)13-20-7-9-22-10-8-20/h11-12,21H,7-10,13H2,1-6H3. The van der Waals surface area contributed by atoms with E-state index in [-0.39, 0.29) is 10.8 Å². The Morgan fingerprint density at radius 3 is 1.82 bits per heavy atom. The van der Waals surface area contributed by atoms with Gasteiger partial charge in [-0.3, -0.25) is 4.90 Å². The molecule has 0 spiro atoms. The lowest BCUT2D eigenvalue weighted by atomic mass is 9.76. The summed E-state index contributed by atoms with van der Waals surface area (Å²) in [5.74, 6) is 0.376. The van der Waals surface area contributed by atoms with Crippen LogP contribution in [0.3, 0.4) is 0 Å². The molecule has 1 saturated heterocycles. The molecule has 1 heterocycles. The Morgan fingerprint density at radius 1 is 0.955 bits per heavy atom. The Labute approximate surface area is 135 Å². The lowest BCUT2D eigenvalue weighted by molar-refractivity contribution is 0.0337. The van der Waals surface area contributed by atoms with E-state index in [1.165, 1.54) is 16.7 Å². The second-order valence-electron chi connectivity index (χ2n) is 8.41. The quantitative estimate of drug-likeness (QED) is 0.901. The third kappa shape index (κ3) is 4.02. The molecule has 0 bridgehead atoms. The maximum absolute atomic E-state index is 10.2. The Balaban J connectivity index is 2.50. The molecule has 0 atom stereocenters. The van der Waals surface area contributed by atoms with Gasteiger partial charge >= 0.3 is 0 Å². The number of hydrogen-bond acceptors (Lipinski definition) is 3. The maximum atomic E-state index is 10.2. The van der Waals surface area contributed by atoms with E-state index in [1.54, 1.807) is 0 Å². The molecule has 22 heavy (non-hydrogen) atoms. The van der Waals surface area contributed by atoms with Gasteiger partial charge in [-0.05, 0) is 39.7 Å². The van der Waals surface area contributed by atoms with Crippen LogP contribution in [0.1, 0.15) is 58.2 Å². The molecule has 0 saturated carbocycles. The van der Waals surface area contributed by atoms with Crippen LogP contribution in [0.4, 0.5) is 0 Å². The second-order valence-corrected chi connectivity index (χ2v) is 8.41. The molecule has 124 valence electrons. The molecular weight excluding hydrogens is 274 g/mol. The SMILES string of the molecule is CC(C)(C)c1cc(O)cc(C(C)(C)C)c1CN1CCOCC1. The van der Waals surface area contributed by atoms with Crippen LogP contribution >= 0.6 is 0 Å². The average molecular weight is 305 g/mol. The number of nitrogens with zero attached hydrogens (tertiary/aromatic N) is 1. The Morgan fingerprint density at radius 2 is 1.41 bits per heavy atom. The first-order valence-corrected chi connectivity index (χ1v) is 8.26. The number of aromatic hydroxyl groups is 1. The van der Waals surface area contributed by atoms with Gasteiger partial charge in [0.2, 0.25) is 0 Å². The summed E-state index contributed by atoms with van der Waals surface area (Å²) < 4.78 is 5.47. The number of morpholine rings is 1. The predicted octanol–water partition coefficient (Wildman–Crippen LogP) is 3.82. The fourth-order valence-electron chi connectivity index (χ4n) is 3.15. The van der Waals surface area contributed by atoms with E-state index in [2.05, 4.69) is 46.4 Å². The molecule has 1 fully saturated rings. The third-order valence-corrected chi connectivity index (χ3v) is 4.34. The van der Waals surface area contributed by atoms with E-state index in [1.807, 2.05) is 12.1 Å². The summed E-state index contributed by atoms with van der Waals surface area (Å²) in [5.41, 5.74) is 3.91. The normalized spacial score (nSPS) is 17.7. The van der Waals surface area contributed by atoms with Gasteiger partial charge in [0, 0.05) is 19.6 Å². The van der Waals surface area contributed by atoms with Gasteiger partial charge in [0.05, 0.1) is 13.2 Å². The van der Waals surface area contributed by atoms with Crippen LogP contribution in [0, 0.1) is 0 Å². The van der Waals surface area contributed by atoms with Gasteiger partial charge < -0.3 is 9.84 Å². The lowest BCUT2D eigenvalue weighted by Gasteiger charge is -2.34. The summed E-state index contributed by atoms with van der Waals surface area (Å²) in [6.45, 7) is 17.8. The number of benzene rings is 1. The highest BCUT2D eigenvalue weighted by molar-refractivity contribution is 5.47. The highest BCUT2D eigenvalue weighted by atomic mass is 16.5. The fraction of sp³-hybridized carbons (Fsp3) is 0.684. The highest BCUT2D eigenvalue weighted by Crippen LogP contribution is 2.37. The van der Waals surface area contributed by atoms with Gasteiger partial charge in [-0.2, -0.15) is 0 Å². The molecule has 1 aromatic carbocycles. The Hall–Kier alpha value is -1.06. The zero-order valence-corrected chi connectivity index (χ0v) is 15.0. The molecule has 0 unspecified atom stereocenters. The van der Waals surface area contributed by atoms with Gasteiger partial charge in [-0.25, -0.2) is 0 Å². The first-order chi connectivity index (χ1) is 10.1. The van der Waals surface area contributed by atoms with Crippen LogP contribution in [-0.4, -0.2) is 36.3 Å². The van der Waals surface area contributed by atoms with E-state index < -0.39 is 0 Å². The van der Waals surface area contributed by atoms with Crippen molar-refractivity contribution in [3.63, 3.8) is 0 Å². The number of phenolic OH excluding ortho intramolecular Hbond substituents is 1. The molecule has 1 aliphatic rings. The van der Waals surface area contributed by atoms with E-state index >= 15 is 0 Å². The van der Waals surface area contributed by atoms with Gasteiger partial charge in [0.25, 0.3) is 0 Å². The summed E-state index contributed by atoms with van der Waals surface area (Å²) in [6, 6.07) is 3.90. The van der Waals surface area contributed by atoms with Crippen LogP contribution in [-0.2, 0) is 22.1 Å². The van der Waals surface area contributed by atoms with Crippen molar-refractivity contribution < 1.29 is 9.84 Å². The maximum Gasteiger partial charge on any atom is 0.116 e. The van der Waals surface area contributed by atoms with E-state index in [4.69, 9.17) is 4.74 Å². The molecule has 0 amide bonds. The number of phenols is 1. The number of rotatable bonds is 2. The molecular formula is C19H31NO2. The Bertz CT molecular complexity index is 482. The molecule has 2 rings (SSSR count). The third-order valence-electron chi connectivity index (χ3n) is 4.34. The van der Waals surface area contributed by atoms with E-state index in [0.29, 0.717) is 5.75 Å². The van der Waals surface area contributed by atoms with Gasteiger partial charge in [-0.15, -0.1) is 0 Å². The van der Waals surface area contributed by atoms with Gasteiger partial charge in [0.1, 0.15) is 5.75 Å². The summed E-state index contributed by atoms with van der Waals surface area (Å²) in [5, 5.41) is 10.2. The molecule has 0 radical (unpaired) electrons. The highest BCUT2D eigenvalue weighted by Gasteiger charge is 2.27. The number of ether oxygens (including phenoxy) is 1. The van der Waals surface area contributed by atoms with Crippen molar-refractivity contribution in [1.82, 2.24) is 4.90 Å². The smallest absolute Gasteiger partial charge is 0.116 e. The van der Waals surface area contributed by atoms with Crippen molar-refractivity contribution >= 4 is 0 Å². The van der Waals surface area contributed by atoms with E-state index in [9.17, 15) is 5.11 Å². The molecule has 1 aromatic rings. The monoisotopic (exact) mass is 305 g/mol. The zero-order chi connectivity index (χ0) is 16.5. The van der Waals surface area contributed by atoms with Crippen molar-refractivity contribution in [3.05, 3.63) is 28.8 Å². The molecule has 3 heteroatoms. The average Bonchev–Trinajstić information content (AvgIpc) is 2.39. The molecule has 1 N–H and O–H groups in total. The van der Waals surface area contributed by atoms with Crippen LogP contribution in [0.2, 0.25) is 0 Å². The first-order valence-electron chi connectivity index (χ1n) is 8.26. The molecule has 0 aliphatic carbocycles. The van der Waals surface area contributed by atoms with Gasteiger partial charge in [0.15, 0.2) is 0 Å². The Kier molecular flexibility index (Phi) is 4.88. The van der Waals surface area contributed by atoms with Crippen LogP contribution in [0.25, 0.3) is 0 Å². The summed E-state index contributed by atoms with van der Waals surface area (Å²) >= 11 is 0.